The number of alkyl halides is 3. The summed E-state index contributed by atoms with van der Waals surface area (Å²) >= 11 is 0. The Balaban J connectivity index is 1.67. The molecule has 0 atom stereocenters. The molecule has 2 aromatic carbocycles. The topological polar surface area (TPSA) is 102 Å². The van der Waals surface area contributed by atoms with E-state index in [0.29, 0.717) is 11.4 Å². The van der Waals surface area contributed by atoms with E-state index in [4.69, 9.17) is 0 Å². The summed E-state index contributed by atoms with van der Waals surface area (Å²) in [5, 5.41) is 16.6. The molecule has 0 spiro atoms. The van der Waals surface area contributed by atoms with Crippen molar-refractivity contribution in [2.75, 3.05) is 10.6 Å². The Kier molecular flexibility index (Phi) is 5.57. The van der Waals surface area contributed by atoms with Crippen LogP contribution in [0.1, 0.15) is 12.5 Å². The summed E-state index contributed by atoms with van der Waals surface area (Å²) < 4.78 is 38.5. The van der Waals surface area contributed by atoms with E-state index in [1.165, 1.54) is 19.1 Å². The Hall–Kier alpha value is -3.76. The van der Waals surface area contributed by atoms with Gasteiger partial charge in [0.15, 0.2) is 0 Å². The lowest BCUT2D eigenvalue weighted by Crippen LogP contribution is -2.20. The number of nitrogens with zero attached hydrogens (tertiary/aromatic N) is 4. The van der Waals surface area contributed by atoms with Crippen LogP contribution in [0.2, 0.25) is 0 Å². The maximum absolute atomic E-state index is 12.8. The summed E-state index contributed by atoms with van der Waals surface area (Å²) in [6.45, 7) is 1.07. The number of hydrogen-bond donors (Lipinski definition) is 2. The summed E-state index contributed by atoms with van der Waals surface area (Å²) in [7, 11) is 0. The van der Waals surface area contributed by atoms with Gasteiger partial charge in [0.05, 0.1) is 5.56 Å². The molecule has 3 aromatic rings. The third kappa shape index (κ3) is 5.37. The Morgan fingerprint density at radius 1 is 1.03 bits per heavy atom. The number of carbonyl (C=O) groups excluding carboxylic acids is 2. The Labute approximate surface area is 162 Å². The van der Waals surface area contributed by atoms with Gasteiger partial charge in [-0.2, -0.15) is 18.0 Å². The van der Waals surface area contributed by atoms with Crippen LogP contribution in [0.15, 0.2) is 48.5 Å². The lowest BCUT2D eigenvalue weighted by molar-refractivity contribution is -0.137. The molecule has 0 aliphatic rings. The maximum atomic E-state index is 12.8. The van der Waals surface area contributed by atoms with Crippen LogP contribution in [0, 0.1) is 0 Å². The molecule has 1 aromatic heterocycles. The molecule has 0 bridgehead atoms. The van der Waals surface area contributed by atoms with Gasteiger partial charge < -0.3 is 10.6 Å². The second-order valence-electron chi connectivity index (χ2n) is 6.03. The van der Waals surface area contributed by atoms with Gasteiger partial charge in [0.1, 0.15) is 6.54 Å². The third-order valence-electron chi connectivity index (χ3n) is 3.65. The van der Waals surface area contributed by atoms with Gasteiger partial charge in [-0.25, -0.2) is 0 Å². The number of aromatic nitrogens is 4. The van der Waals surface area contributed by atoms with Crippen LogP contribution >= 0.6 is 0 Å². The van der Waals surface area contributed by atoms with E-state index < -0.39 is 17.6 Å². The molecule has 29 heavy (non-hydrogen) atoms. The van der Waals surface area contributed by atoms with Crippen molar-refractivity contribution in [2.45, 2.75) is 19.6 Å². The minimum absolute atomic E-state index is 0.0310. The van der Waals surface area contributed by atoms with Crippen molar-refractivity contribution in [3.05, 3.63) is 54.1 Å². The van der Waals surface area contributed by atoms with Crippen molar-refractivity contribution < 1.29 is 22.8 Å². The molecular formula is C18H15F3N6O2. The van der Waals surface area contributed by atoms with Crippen molar-refractivity contribution in [2.24, 2.45) is 0 Å². The summed E-state index contributed by atoms with van der Waals surface area (Å²) in [4.78, 5) is 24.2. The number of benzene rings is 2. The summed E-state index contributed by atoms with van der Waals surface area (Å²) in [5.41, 5.74) is 0.262. The van der Waals surface area contributed by atoms with Crippen LogP contribution in [0.4, 0.5) is 24.5 Å². The van der Waals surface area contributed by atoms with Gasteiger partial charge in [-0.1, -0.05) is 18.2 Å². The number of anilines is 2. The summed E-state index contributed by atoms with van der Waals surface area (Å²) in [6.07, 6.45) is -4.49. The average Bonchev–Trinajstić information content (AvgIpc) is 3.09. The zero-order valence-corrected chi connectivity index (χ0v) is 15.1. The smallest absolute Gasteiger partial charge is 0.326 e. The fraction of sp³-hybridized carbons (Fsp3) is 0.167. The second-order valence-corrected chi connectivity index (χ2v) is 6.03. The van der Waals surface area contributed by atoms with Crippen LogP contribution in [-0.4, -0.2) is 32.0 Å². The first-order valence-corrected chi connectivity index (χ1v) is 8.33. The number of rotatable bonds is 5. The van der Waals surface area contributed by atoms with E-state index in [-0.39, 0.29) is 23.8 Å². The molecule has 8 nitrogen and oxygen atoms in total. The van der Waals surface area contributed by atoms with Gasteiger partial charge in [-0.15, -0.1) is 10.2 Å². The minimum Gasteiger partial charge on any atom is -0.326 e. The maximum Gasteiger partial charge on any atom is 0.416 e. The molecule has 11 heteroatoms. The van der Waals surface area contributed by atoms with Crippen LogP contribution in [0.3, 0.4) is 0 Å². The monoisotopic (exact) mass is 404 g/mol. The highest BCUT2D eigenvalue weighted by atomic mass is 19.4. The highest BCUT2D eigenvalue weighted by molar-refractivity contribution is 5.93. The van der Waals surface area contributed by atoms with Crippen molar-refractivity contribution in [3.63, 3.8) is 0 Å². The molecule has 0 saturated carbocycles. The van der Waals surface area contributed by atoms with Crippen molar-refractivity contribution in [1.82, 2.24) is 20.2 Å². The van der Waals surface area contributed by atoms with Crippen molar-refractivity contribution >= 4 is 23.2 Å². The summed E-state index contributed by atoms with van der Waals surface area (Å²) in [6, 6.07) is 11.0. The van der Waals surface area contributed by atoms with E-state index in [1.807, 2.05) is 0 Å². The highest BCUT2D eigenvalue weighted by Crippen LogP contribution is 2.31. The van der Waals surface area contributed by atoms with Gasteiger partial charge in [0.25, 0.3) is 0 Å². The largest absolute Gasteiger partial charge is 0.416 e. The predicted octanol–water partition coefficient (Wildman–Crippen LogP) is 2.96. The lowest BCUT2D eigenvalue weighted by Gasteiger charge is -2.07. The number of amides is 2. The molecule has 0 fully saturated rings. The summed E-state index contributed by atoms with van der Waals surface area (Å²) in [5.74, 6) is -0.753. The zero-order valence-electron chi connectivity index (χ0n) is 15.1. The number of carbonyl (C=O) groups is 2. The molecule has 0 aliphatic heterocycles. The van der Waals surface area contributed by atoms with Gasteiger partial charge in [-0.3, -0.25) is 9.59 Å². The fourth-order valence-electron chi connectivity index (χ4n) is 2.47. The molecule has 3 rings (SSSR count). The van der Waals surface area contributed by atoms with Crippen molar-refractivity contribution in [3.8, 4) is 11.4 Å². The molecular weight excluding hydrogens is 389 g/mol. The zero-order chi connectivity index (χ0) is 21.0. The van der Waals surface area contributed by atoms with Gasteiger partial charge in [0, 0.05) is 23.9 Å². The molecule has 0 saturated heterocycles. The van der Waals surface area contributed by atoms with E-state index in [2.05, 4.69) is 26.0 Å². The number of hydrogen-bond acceptors (Lipinski definition) is 5. The SMILES string of the molecule is CC(=O)Nc1cccc(NC(=O)Cn2nnc(-c3cccc(C(F)(F)F)c3)n2)c1. The first kappa shape index (κ1) is 20.0. The second kappa shape index (κ2) is 8.09. The van der Waals surface area contributed by atoms with Crippen molar-refractivity contribution in [1.29, 1.82) is 0 Å². The molecule has 0 aliphatic carbocycles. The molecule has 0 radical (unpaired) electrons. The van der Waals surface area contributed by atoms with Crippen LogP contribution in [-0.2, 0) is 22.3 Å². The third-order valence-corrected chi connectivity index (χ3v) is 3.65. The predicted molar refractivity (Wildman–Crippen MR) is 97.6 cm³/mol. The Morgan fingerprint density at radius 2 is 1.72 bits per heavy atom. The van der Waals surface area contributed by atoms with Crippen LogP contribution in [0.5, 0.6) is 0 Å². The van der Waals surface area contributed by atoms with E-state index in [1.54, 1.807) is 24.3 Å². The van der Waals surface area contributed by atoms with Gasteiger partial charge in [0.2, 0.25) is 17.6 Å². The normalized spacial score (nSPS) is 11.2. The van der Waals surface area contributed by atoms with Crippen LogP contribution < -0.4 is 10.6 Å². The number of tetrazole rings is 1. The molecule has 2 amide bonds. The Bertz CT molecular complexity index is 1050. The fourth-order valence-corrected chi connectivity index (χ4v) is 2.47. The Morgan fingerprint density at radius 3 is 2.41 bits per heavy atom. The average molecular weight is 404 g/mol. The van der Waals surface area contributed by atoms with E-state index >= 15 is 0 Å². The van der Waals surface area contributed by atoms with Gasteiger partial charge in [-0.05, 0) is 35.5 Å². The first-order chi connectivity index (χ1) is 13.7. The molecule has 0 unspecified atom stereocenters. The molecule has 1 heterocycles. The van der Waals surface area contributed by atoms with E-state index in [9.17, 15) is 22.8 Å². The molecule has 150 valence electrons. The van der Waals surface area contributed by atoms with Crippen LogP contribution in [0.25, 0.3) is 11.4 Å². The first-order valence-electron chi connectivity index (χ1n) is 8.33. The highest BCUT2D eigenvalue weighted by Gasteiger charge is 2.30. The van der Waals surface area contributed by atoms with E-state index in [0.717, 1.165) is 16.9 Å². The lowest BCUT2D eigenvalue weighted by atomic mass is 10.1. The quantitative estimate of drug-likeness (QED) is 0.681. The standard InChI is InChI=1S/C18H15F3N6O2/c1-11(28)22-14-6-3-7-15(9-14)23-16(29)10-27-25-17(24-26-27)12-4-2-5-13(8-12)18(19,20)21/h2-9H,10H2,1H3,(H,22,28)(H,23,29). The minimum atomic E-state index is -4.49. The molecule has 2 N–H and O–H groups in total. The number of nitrogens with one attached hydrogen (secondary N) is 2. The van der Waals surface area contributed by atoms with Gasteiger partial charge >= 0.3 is 6.18 Å². The number of halogens is 3.